The summed E-state index contributed by atoms with van der Waals surface area (Å²) in [4.78, 5) is 15.1. The average molecular weight is 386 g/mol. The lowest BCUT2D eigenvalue weighted by Gasteiger charge is -2.17. The van der Waals surface area contributed by atoms with Crippen molar-refractivity contribution in [2.24, 2.45) is 0 Å². The number of amides is 1. The van der Waals surface area contributed by atoms with Crippen LogP contribution in [0.2, 0.25) is 0 Å². The molecule has 0 bridgehead atoms. The zero-order chi connectivity index (χ0) is 18.7. The molecule has 1 heterocycles. The highest BCUT2D eigenvalue weighted by Crippen LogP contribution is 2.24. The molecule has 5 nitrogen and oxygen atoms in total. The summed E-state index contributed by atoms with van der Waals surface area (Å²) in [5.74, 6) is -0.218. The summed E-state index contributed by atoms with van der Waals surface area (Å²) < 4.78 is 27.7. The Hall–Kier alpha value is -2.64. The highest BCUT2D eigenvalue weighted by Gasteiger charge is 2.18. The second-order valence-corrected chi connectivity index (χ2v) is 8.95. The van der Waals surface area contributed by atoms with Gasteiger partial charge >= 0.3 is 0 Å². The Morgan fingerprint density at radius 3 is 2.38 bits per heavy atom. The molecule has 2 aromatic carbocycles. The van der Waals surface area contributed by atoms with Crippen LogP contribution in [0.25, 0.3) is 0 Å². The molecule has 0 aliphatic carbocycles. The summed E-state index contributed by atoms with van der Waals surface area (Å²) in [5, 5.41) is 0. The zero-order valence-electron chi connectivity index (χ0n) is 14.3. The Bertz CT molecular complexity index is 1030. The van der Waals surface area contributed by atoms with Crippen molar-refractivity contribution in [1.82, 2.24) is 0 Å². The summed E-state index contributed by atoms with van der Waals surface area (Å²) in [5.41, 5.74) is 1.51. The molecule has 0 unspecified atom stereocenters. The van der Waals surface area contributed by atoms with Gasteiger partial charge in [0.1, 0.15) is 4.21 Å². The van der Waals surface area contributed by atoms with Crippen LogP contribution in [0.1, 0.15) is 15.2 Å². The summed E-state index contributed by atoms with van der Waals surface area (Å²) in [6, 6.07) is 19.1. The van der Waals surface area contributed by atoms with E-state index in [1.54, 1.807) is 43.4 Å². The lowest BCUT2D eigenvalue weighted by Crippen LogP contribution is -2.26. The van der Waals surface area contributed by atoms with Gasteiger partial charge in [0.15, 0.2) is 0 Å². The third kappa shape index (κ3) is 3.95. The number of anilines is 2. The first-order valence-electron chi connectivity index (χ1n) is 7.89. The molecular weight excluding hydrogens is 368 g/mol. The van der Waals surface area contributed by atoms with Crippen LogP contribution in [0.4, 0.5) is 11.4 Å². The summed E-state index contributed by atoms with van der Waals surface area (Å²) >= 11 is 1.20. The van der Waals surface area contributed by atoms with Crippen molar-refractivity contribution in [3.63, 3.8) is 0 Å². The van der Waals surface area contributed by atoms with E-state index in [-0.39, 0.29) is 10.1 Å². The van der Waals surface area contributed by atoms with Crippen LogP contribution < -0.4 is 9.62 Å². The number of carbonyl (C=O) groups excluding carboxylic acids is 1. The summed E-state index contributed by atoms with van der Waals surface area (Å²) in [7, 11) is -1.98. The molecule has 0 atom stereocenters. The Balaban J connectivity index is 1.83. The Morgan fingerprint density at radius 2 is 1.73 bits per heavy atom. The molecule has 0 radical (unpaired) electrons. The normalized spacial score (nSPS) is 11.2. The molecule has 134 valence electrons. The number of hydrogen-bond acceptors (Lipinski definition) is 4. The van der Waals surface area contributed by atoms with E-state index in [0.717, 1.165) is 10.6 Å². The molecule has 0 saturated carbocycles. The molecule has 1 amide bonds. The van der Waals surface area contributed by atoms with Gasteiger partial charge in [-0.05, 0) is 49.4 Å². The first-order valence-corrected chi connectivity index (χ1v) is 10.2. The zero-order valence-corrected chi connectivity index (χ0v) is 16.0. The molecule has 0 fully saturated rings. The number of sulfonamides is 1. The van der Waals surface area contributed by atoms with Crippen molar-refractivity contribution in [2.45, 2.75) is 11.1 Å². The van der Waals surface area contributed by atoms with Crippen molar-refractivity contribution < 1.29 is 13.2 Å². The van der Waals surface area contributed by atoms with E-state index >= 15 is 0 Å². The first-order chi connectivity index (χ1) is 12.4. The maximum absolute atomic E-state index is 12.7. The molecule has 26 heavy (non-hydrogen) atoms. The van der Waals surface area contributed by atoms with Gasteiger partial charge in [0.05, 0.1) is 0 Å². The Morgan fingerprint density at radius 1 is 1.00 bits per heavy atom. The van der Waals surface area contributed by atoms with E-state index in [1.165, 1.54) is 16.2 Å². The topological polar surface area (TPSA) is 66.5 Å². The van der Waals surface area contributed by atoms with Gasteiger partial charge in [0.25, 0.3) is 15.9 Å². The van der Waals surface area contributed by atoms with Gasteiger partial charge in [0, 0.05) is 28.9 Å². The molecule has 3 aromatic rings. The minimum Gasteiger partial charge on any atom is -0.311 e. The minimum atomic E-state index is -3.66. The van der Waals surface area contributed by atoms with E-state index in [4.69, 9.17) is 0 Å². The van der Waals surface area contributed by atoms with Gasteiger partial charge in [-0.2, -0.15) is 0 Å². The second kappa shape index (κ2) is 7.31. The average Bonchev–Trinajstić information content (AvgIpc) is 3.08. The van der Waals surface area contributed by atoms with Gasteiger partial charge < -0.3 is 4.90 Å². The predicted molar refractivity (Wildman–Crippen MR) is 105 cm³/mol. The lowest BCUT2D eigenvalue weighted by molar-refractivity contribution is 0.0993. The number of thiophene rings is 1. The number of benzene rings is 2. The van der Waals surface area contributed by atoms with Crippen molar-refractivity contribution in [3.8, 4) is 0 Å². The molecule has 3 rings (SSSR count). The fourth-order valence-electron chi connectivity index (χ4n) is 2.44. The van der Waals surface area contributed by atoms with Gasteiger partial charge in [0.2, 0.25) is 0 Å². The smallest absolute Gasteiger partial charge is 0.271 e. The fraction of sp³-hybridized carbons (Fsp3) is 0.105. The molecule has 7 heteroatoms. The van der Waals surface area contributed by atoms with Crippen LogP contribution in [0.5, 0.6) is 0 Å². The van der Waals surface area contributed by atoms with Gasteiger partial charge in [-0.25, -0.2) is 8.42 Å². The number of para-hydroxylation sites is 1. The van der Waals surface area contributed by atoms with E-state index in [0.29, 0.717) is 11.3 Å². The highest BCUT2D eigenvalue weighted by atomic mass is 32.2. The molecule has 1 aromatic heterocycles. The largest absolute Gasteiger partial charge is 0.311 e. The standard InChI is InChI=1S/C19H18N2O3S2/c1-14-11-12-18(25-14)26(23,24)20-16-8-6-7-15(13-16)19(22)21(2)17-9-4-3-5-10-17/h3-13,20H,1-2H3. The van der Waals surface area contributed by atoms with E-state index in [1.807, 2.05) is 37.3 Å². The molecular formula is C19H18N2O3S2. The van der Waals surface area contributed by atoms with Gasteiger partial charge in [-0.15, -0.1) is 11.3 Å². The molecule has 0 spiro atoms. The van der Waals surface area contributed by atoms with Crippen LogP contribution in [0.15, 0.2) is 70.9 Å². The minimum absolute atomic E-state index is 0.218. The molecule has 1 N–H and O–H groups in total. The van der Waals surface area contributed by atoms with E-state index in [9.17, 15) is 13.2 Å². The van der Waals surface area contributed by atoms with Crippen molar-refractivity contribution in [2.75, 3.05) is 16.7 Å². The number of aryl methyl sites for hydroxylation is 1. The van der Waals surface area contributed by atoms with Crippen molar-refractivity contribution in [3.05, 3.63) is 77.2 Å². The summed E-state index contributed by atoms with van der Waals surface area (Å²) in [6.45, 7) is 1.85. The quantitative estimate of drug-likeness (QED) is 0.717. The van der Waals surface area contributed by atoms with Crippen LogP contribution >= 0.6 is 11.3 Å². The monoisotopic (exact) mass is 386 g/mol. The van der Waals surface area contributed by atoms with E-state index < -0.39 is 10.0 Å². The lowest BCUT2D eigenvalue weighted by atomic mass is 10.1. The Labute approximate surface area is 157 Å². The maximum Gasteiger partial charge on any atom is 0.271 e. The second-order valence-electron chi connectivity index (χ2n) is 5.75. The van der Waals surface area contributed by atoms with Crippen molar-refractivity contribution in [1.29, 1.82) is 0 Å². The van der Waals surface area contributed by atoms with E-state index in [2.05, 4.69) is 4.72 Å². The van der Waals surface area contributed by atoms with Crippen LogP contribution in [-0.2, 0) is 10.0 Å². The van der Waals surface area contributed by atoms with Gasteiger partial charge in [-0.3, -0.25) is 9.52 Å². The predicted octanol–water partition coefficient (Wildman–Crippen LogP) is 4.13. The summed E-state index contributed by atoms with van der Waals surface area (Å²) in [6.07, 6.45) is 0. The Kier molecular flexibility index (Phi) is 5.11. The van der Waals surface area contributed by atoms with Gasteiger partial charge in [-0.1, -0.05) is 24.3 Å². The maximum atomic E-state index is 12.7. The molecule has 0 aliphatic rings. The first kappa shape index (κ1) is 18.2. The number of rotatable bonds is 5. The number of nitrogens with one attached hydrogen (secondary N) is 1. The van der Waals surface area contributed by atoms with Crippen LogP contribution in [-0.4, -0.2) is 21.4 Å². The highest BCUT2D eigenvalue weighted by molar-refractivity contribution is 7.94. The molecule has 0 aliphatic heterocycles. The van der Waals surface area contributed by atoms with Crippen LogP contribution in [0, 0.1) is 6.92 Å². The molecule has 0 saturated heterocycles. The SMILES string of the molecule is Cc1ccc(S(=O)(=O)Nc2cccc(C(=O)N(C)c3ccccc3)c2)s1. The number of nitrogens with zero attached hydrogens (tertiary/aromatic N) is 1. The third-order valence-corrected chi connectivity index (χ3v) is 6.66. The number of carbonyl (C=O) groups is 1. The number of hydrogen-bond donors (Lipinski definition) is 1. The van der Waals surface area contributed by atoms with Crippen LogP contribution in [0.3, 0.4) is 0 Å². The fourth-order valence-corrected chi connectivity index (χ4v) is 4.77. The van der Waals surface area contributed by atoms with Crippen molar-refractivity contribution >= 4 is 38.6 Å². The third-order valence-electron chi connectivity index (χ3n) is 3.79.